The van der Waals surface area contributed by atoms with Crippen molar-refractivity contribution in [3.63, 3.8) is 0 Å². The molecule has 0 atom stereocenters. The number of fused-ring (bicyclic) bond motifs is 1. The lowest BCUT2D eigenvalue weighted by Crippen LogP contribution is -2.39. The number of carbonyl (C=O) groups is 2. The fourth-order valence-electron chi connectivity index (χ4n) is 6.25. The minimum absolute atomic E-state index is 0.0597. The number of hydrogen-bond acceptors (Lipinski definition) is 4. The van der Waals surface area contributed by atoms with Crippen molar-refractivity contribution in [2.24, 2.45) is 5.92 Å². The molecular weight excluding hydrogens is 574 g/mol. The van der Waals surface area contributed by atoms with Crippen LogP contribution in [0.15, 0.2) is 110 Å². The topological polar surface area (TPSA) is 72.6 Å². The molecule has 0 unspecified atom stereocenters. The molecule has 1 saturated heterocycles. The van der Waals surface area contributed by atoms with Crippen LogP contribution in [-0.4, -0.2) is 69.2 Å². The molecule has 1 aliphatic heterocycles. The highest BCUT2D eigenvalue weighted by molar-refractivity contribution is 5.97. The molecule has 0 saturated carbocycles. The molecule has 46 heavy (non-hydrogen) atoms. The molecule has 3 heterocycles. The second-order valence-electron chi connectivity index (χ2n) is 11.9. The number of ether oxygens (including phenoxy) is 1. The third-order valence-corrected chi connectivity index (χ3v) is 8.81. The summed E-state index contributed by atoms with van der Waals surface area (Å²) in [7, 11) is 1.68. The molecule has 0 N–H and O–H groups in total. The van der Waals surface area contributed by atoms with Crippen LogP contribution in [0.2, 0.25) is 0 Å². The molecule has 2 amide bonds. The zero-order chi connectivity index (χ0) is 31.7. The van der Waals surface area contributed by atoms with Gasteiger partial charge >= 0.3 is 6.03 Å². The summed E-state index contributed by atoms with van der Waals surface area (Å²) in [5, 5.41) is 2.33. The van der Waals surface area contributed by atoms with Gasteiger partial charge in [-0.05, 0) is 59.2 Å². The fraction of sp³-hybridized carbons (Fsp3) is 0.289. The van der Waals surface area contributed by atoms with Gasteiger partial charge in [-0.1, -0.05) is 72.8 Å². The maximum Gasteiger partial charge on any atom is 0.328 e. The Morgan fingerprint density at radius 1 is 0.978 bits per heavy atom. The first-order chi connectivity index (χ1) is 22.6. The molecule has 8 nitrogen and oxygen atoms in total. The molecule has 3 aromatic carbocycles. The molecule has 8 heteroatoms. The smallest absolute Gasteiger partial charge is 0.328 e. The van der Waals surface area contributed by atoms with Crippen molar-refractivity contribution in [1.82, 2.24) is 23.9 Å². The normalized spacial score (nSPS) is 13.9. The number of amides is 2. The van der Waals surface area contributed by atoms with E-state index >= 15 is 0 Å². The maximum absolute atomic E-state index is 13.9. The predicted octanol–water partition coefficient (Wildman–Crippen LogP) is 6.96. The van der Waals surface area contributed by atoms with Gasteiger partial charge in [-0.3, -0.25) is 9.36 Å². The van der Waals surface area contributed by atoms with Crippen molar-refractivity contribution in [3.05, 3.63) is 121 Å². The Hall–Kier alpha value is -4.95. The Kier molecular flexibility index (Phi) is 10.0. The molecule has 0 aliphatic carbocycles. The molecule has 5 aromatic rings. The number of piperidine rings is 1. The van der Waals surface area contributed by atoms with Gasteiger partial charge in [0, 0.05) is 70.1 Å². The lowest BCUT2D eigenvalue weighted by Gasteiger charge is -2.32. The number of hydrogen-bond donors (Lipinski definition) is 0. The Morgan fingerprint density at radius 2 is 1.76 bits per heavy atom. The zero-order valence-electron chi connectivity index (χ0n) is 26.4. The van der Waals surface area contributed by atoms with Crippen LogP contribution in [0.25, 0.3) is 28.0 Å². The highest BCUT2D eigenvalue weighted by Gasteiger charge is 2.24. The number of carbonyl (C=O) groups excluding carboxylic acids is 2. The lowest BCUT2D eigenvalue weighted by atomic mass is 9.96. The van der Waals surface area contributed by atoms with Crippen molar-refractivity contribution in [2.45, 2.75) is 32.4 Å². The number of likely N-dealkylation sites (tertiary alicyclic amines) is 1. The van der Waals surface area contributed by atoms with Gasteiger partial charge in [0.15, 0.2) is 0 Å². The van der Waals surface area contributed by atoms with E-state index < -0.39 is 0 Å². The van der Waals surface area contributed by atoms with E-state index in [4.69, 9.17) is 4.74 Å². The Bertz CT molecular complexity index is 1780. The largest absolute Gasteiger partial charge is 0.385 e. The van der Waals surface area contributed by atoms with Crippen molar-refractivity contribution < 1.29 is 14.3 Å². The van der Waals surface area contributed by atoms with Crippen molar-refractivity contribution >= 4 is 28.8 Å². The van der Waals surface area contributed by atoms with Gasteiger partial charge < -0.3 is 19.1 Å². The van der Waals surface area contributed by atoms with Crippen molar-refractivity contribution in [2.75, 3.05) is 33.4 Å². The summed E-state index contributed by atoms with van der Waals surface area (Å²) in [5.41, 5.74) is 4.13. The summed E-state index contributed by atoms with van der Waals surface area (Å²) in [6, 6.07) is 26.4. The summed E-state index contributed by atoms with van der Waals surface area (Å²) in [6.45, 7) is 3.88. The highest BCUT2D eigenvalue weighted by Crippen LogP contribution is 2.29. The summed E-state index contributed by atoms with van der Waals surface area (Å²) in [6.07, 6.45) is 13.7. The first-order valence-corrected chi connectivity index (χ1v) is 16.0. The molecule has 2 aromatic heterocycles. The second kappa shape index (κ2) is 14.9. The Balaban J connectivity index is 1.10. The SMILES string of the molecule is COCCCN(Cc1cncn1CC1CCN(C(=O)/C=C/c2ccccc2)CC1)C(=O)n1ccc(-c2cccc3ccccc23)c1. The number of aromatic nitrogens is 3. The van der Waals surface area contributed by atoms with Crippen LogP contribution in [0.3, 0.4) is 0 Å². The van der Waals surface area contributed by atoms with E-state index in [0.717, 1.165) is 66.7 Å². The quantitative estimate of drug-likeness (QED) is 0.119. The fourth-order valence-corrected chi connectivity index (χ4v) is 6.25. The van der Waals surface area contributed by atoms with E-state index in [-0.39, 0.29) is 11.9 Å². The molecule has 0 spiro atoms. The maximum atomic E-state index is 13.9. The lowest BCUT2D eigenvalue weighted by molar-refractivity contribution is -0.127. The average molecular weight is 616 g/mol. The first kappa shape index (κ1) is 31.0. The van der Waals surface area contributed by atoms with Crippen molar-refractivity contribution in [1.29, 1.82) is 0 Å². The van der Waals surface area contributed by atoms with Crippen LogP contribution >= 0.6 is 0 Å². The Labute approximate surface area is 270 Å². The minimum atomic E-state index is -0.0780. The van der Waals surface area contributed by atoms with Crippen LogP contribution in [0.5, 0.6) is 0 Å². The van der Waals surface area contributed by atoms with Gasteiger partial charge in [0.05, 0.1) is 18.6 Å². The molecule has 0 bridgehead atoms. The van der Waals surface area contributed by atoms with Crippen LogP contribution in [0.1, 0.15) is 30.5 Å². The van der Waals surface area contributed by atoms with E-state index in [9.17, 15) is 9.59 Å². The molecule has 6 rings (SSSR count). The standard InChI is InChI=1S/C38H41N5O3/c1-46-24-8-20-41(38(45)42-23-19-33(27-42)36-14-7-12-32-11-5-6-13-35(32)36)28-34-25-39-29-43(34)26-31-17-21-40(22-18-31)37(44)16-15-30-9-3-2-4-10-30/h2-7,9-16,19,23,25,27,29,31H,8,17-18,20-22,24,26,28H2,1H3/b16-15+. The predicted molar refractivity (Wildman–Crippen MR) is 182 cm³/mol. The van der Waals surface area contributed by atoms with Gasteiger partial charge in [0.1, 0.15) is 0 Å². The molecule has 0 radical (unpaired) electrons. The molecule has 1 aliphatic rings. The van der Waals surface area contributed by atoms with E-state index in [1.807, 2.05) is 89.3 Å². The number of benzene rings is 3. The molecular formula is C38H41N5O3. The third kappa shape index (κ3) is 7.46. The minimum Gasteiger partial charge on any atom is -0.385 e. The molecule has 236 valence electrons. The number of rotatable bonds is 11. The van der Waals surface area contributed by atoms with Gasteiger partial charge in [0.25, 0.3) is 0 Å². The van der Waals surface area contributed by atoms with Gasteiger partial charge in [-0.25, -0.2) is 9.78 Å². The first-order valence-electron chi connectivity index (χ1n) is 16.0. The summed E-state index contributed by atoms with van der Waals surface area (Å²) < 4.78 is 9.16. The number of nitrogens with zero attached hydrogens (tertiary/aromatic N) is 5. The summed E-state index contributed by atoms with van der Waals surface area (Å²) >= 11 is 0. The second-order valence-corrected chi connectivity index (χ2v) is 11.9. The van der Waals surface area contributed by atoms with E-state index in [2.05, 4.69) is 39.9 Å². The zero-order valence-corrected chi connectivity index (χ0v) is 26.4. The monoisotopic (exact) mass is 615 g/mol. The van der Waals surface area contributed by atoms with Gasteiger partial charge in [-0.2, -0.15) is 0 Å². The van der Waals surface area contributed by atoms with Crippen LogP contribution in [0.4, 0.5) is 4.79 Å². The summed E-state index contributed by atoms with van der Waals surface area (Å²) in [4.78, 5) is 34.9. The van der Waals surface area contributed by atoms with Crippen LogP contribution < -0.4 is 0 Å². The van der Waals surface area contributed by atoms with Gasteiger partial charge in [-0.15, -0.1) is 0 Å². The molecule has 1 fully saturated rings. The number of imidazole rings is 1. The summed E-state index contributed by atoms with van der Waals surface area (Å²) in [5.74, 6) is 0.491. The van der Waals surface area contributed by atoms with E-state index in [1.165, 1.54) is 5.39 Å². The van der Waals surface area contributed by atoms with Gasteiger partial charge in [0.2, 0.25) is 5.91 Å². The van der Waals surface area contributed by atoms with Crippen LogP contribution in [-0.2, 0) is 22.6 Å². The Morgan fingerprint density at radius 3 is 2.59 bits per heavy atom. The van der Waals surface area contributed by atoms with Crippen LogP contribution in [0, 0.1) is 5.92 Å². The van der Waals surface area contributed by atoms with Crippen molar-refractivity contribution in [3.8, 4) is 11.1 Å². The number of methoxy groups -OCH3 is 1. The van der Waals surface area contributed by atoms with E-state index in [1.54, 1.807) is 17.8 Å². The third-order valence-electron chi connectivity index (χ3n) is 8.81. The highest BCUT2D eigenvalue weighted by atomic mass is 16.5. The average Bonchev–Trinajstić information content (AvgIpc) is 3.77. The van der Waals surface area contributed by atoms with E-state index in [0.29, 0.717) is 25.6 Å².